The van der Waals surface area contributed by atoms with Gasteiger partial charge in [-0.15, -0.1) is 0 Å². The lowest BCUT2D eigenvalue weighted by molar-refractivity contribution is 0.150. The van der Waals surface area contributed by atoms with Crippen LogP contribution in [0.5, 0.6) is 5.75 Å². The highest BCUT2D eigenvalue weighted by Gasteiger charge is 2.10. The second-order valence-corrected chi connectivity index (χ2v) is 2.52. The summed E-state index contributed by atoms with van der Waals surface area (Å²) < 4.78 is 29.4. The van der Waals surface area contributed by atoms with Gasteiger partial charge in [-0.05, 0) is 24.6 Å². The maximum absolute atomic E-state index is 12.3. The maximum Gasteiger partial charge on any atom is 0.264 e. The van der Waals surface area contributed by atoms with E-state index in [1.807, 2.05) is 0 Å². The SMILES string of the molecule is COc1ccc(C)c(C(F)F)c1. The van der Waals surface area contributed by atoms with Crippen LogP contribution in [0.25, 0.3) is 0 Å². The zero-order valence-corrected chi connectivity index (χ0v) is 6.97. The molecule has 0 aliphatic heterocycles. The minimum absolute atomic E-state index is 0.0364. The van der Waals surface area contributed by atoms with E-state index in [0.29, 0.717) is 11.3 Å². The van der Waals surface area contributed by atoms with Crippen LogP contribution < -0.4 is 4.74 Å². The van der Waals surface area contributed by atoms with E-state index in [9.17, 15) is 8.78 Å². The van der Waals surface area contributed by atoms with Crippen molar-refractivity contribution in [2.24, 2.45) is 0 Å². The van der Waals surface area contributed by atoms with Gasteiger partial charge in [0.15, 0.2) is 0 Å². The van der Waals surface area contributed by atoms with Crippen molar-refractivity contribution in [1.82, 2.24) is 0 Å². The Hall–Kier alpha value is -1.12. The minimum atomic E-state index is -2.43. The summed E-state index contributed by atoms with van der Waals surface area (Å²) in [6, 6.07) is 4.65. The van der Waals surface area contributed by atoms with E-state index in [4.69, 9.17) is 4.74 Å². The van der Waals surface area contributed by atoms with Crippen LogP contribution in [0.3, 0.4) is 0 Å². The van der Waals surface area contributed by atoms with Crippen molar-refractivity contribution >= 4 is 0 Å². The molecule has 0 atom stereocenters. The number of aryl methyl sites for hydroxylation is 1. The first kappa shape index (κ1) is 8.97. The summed E-state index contributed by atoms with van der Waals surface area (Å²) in [4.78, 5) is 0. The molecular formula is C9H10F2O. The molecule has 0 N–H and O–H groups in total. The smallest absolute Gasteiger partial charge is 0.264 e. The molecule has 0 radical (unpaired) electrons. The third-order valence-electron chi connectivity index (χ3n) is 1.72. The predicted molar refractivity (Wildman–Crippen MR) is 42.7 cm³/mol. The van der Waals surface area contributed by atoms with E-state index in [0.717, 1.165) is 0 Å². The number of benzene rings is 1. The highest BCUT2D eigenvalue weighted by Crippen LogP contribution is 2.26. The fourth-order valence-corrected chi connectivity index (χ4v) is 0.981. The summed E-state index contributed by atoms with van der Waals surface area (Å²) in [6.45, 7) is 1.65. The number of hydrogen-bond donors (Lipinski definition) is 0. The third kappa shape index (κ3) is 1.72. The topological polar surface area (TPSA) is 9.23 Å². The Balaban J connectivity index is 3.08. The van der Waals surface area contributed by atoms with Crippen molar-refractivity contribution in [2.45, 2.75) is 13.3 Å². The van der Waals surface area contributed by atoms with Crippen molar-refractivity contribution in [1.29, 1.82) is 0 Å². The van der Waals surface area contributed by atoms with Gasteiger partial charge in [0, 0.05) is 5.56 Å². The van der Waals surface area contributed by atoms with Gasteiger partial charge in [0.1, 0.15) is 5.75 Å². The van der Waals surface area contributed by atoms with Gasteiger partial charge >= 0.3 is 0 Å². The van der Waals surface area contributed by atoms with Crippen molar-refractivity contribution in [3.63, 3.8) is 0 Å². The Morgan fingerprint density at radius 1 is 1.33 bits per heavy atom. The number of ether oxygens (including phenoxy) is 1. The summed E-state index contributed by atoms with van der Waals surface area (Å²) in [5, 5.41) is 0. The van der Waals surface area contributed by atoms with Crippen molar-refractivity contribution < 1.29 is 13.5 Å². The van der Waals surface area contributed by atoms with Gasteiger partial charge in [0.2, 0.25) is 0 Å². The van der Waals surface area contributed by atoms with Crippen LogP contribution in [0.4, 0.5) is 8.78 Å². The minimum Gasteiger partial charge on any atom is -0.497 e. The van der Waals surface area contributed by atoms with E-state index in [-0.39, 0.29) is 5.56 Å². The van der Waals surface area contributed by atoms with Crippen LogP contribution in [0.1, 0.15) is 17.6 Å². The lowest BCUT2D eigenvalue weighted by Gasteiger charge is -2.06. The van der Waals surface area contributed by atoms with E-state index in [1.54, 1.807) is 19.1 Å². The highest BCUT2D eigenvalue weighted by molar-refractivity contribution is 5.35. The third-order valence-corrected chi connectivity index (χ3v) is 1.72. The second kappa shape index (κ2) is 3.52. The average Bonchev–Trinajstić information content (AvgIpc) is 2.05. The summed E-state index contributed by atoms with van der Waals surface area (Å²) in [5.41, 5.74) is 0.625. The molecule has 1 aromatic carbocycles. The number of halogens is 2. The van der Waals surface area contributed by atoms with Gasteiger partial charge in [-0.1, -0.05) is 6.07 Å². The van der Waals surface area contributed by atoms with E-state index in [1.165, 1.54) is 13.2 Å². The molecule has 1 rings (SSSR count). The van der Waals surface area contributed by atoms with Gasteiger partial charge in [-0.3, -0.25) is 0 Å². The Labute approximate surface area is 70.0 Å². The first-order valence-corrected chi connectivity index (χ1v) is 3.58. The van der Waals surface area contributed by atoms with Gasteiger partial charge in [0.25, 0.3) is 6.43 Å². The number of hydrogen-bond acceptors (Lipinski definition) is 1. The molecule has 3 heteroatoms. The average molecular weight is 172 g/mol. The van der Waals surface area contributed by atoms with Crippen molar-refractivity contribution in [3.8, 4) is 5.75 Å². The summed E-state index contributed by atoms with van der Waals surface area (Å²) in [6.07, 6.45) is -2.43. The molecule has 0 aliphatic carbocycles. The zero-order chi connectivity index (χ0) is 9.14. The van der Waals surface area contributed by atoms with E-state index < -0.39 is 6.43 Å². The summed E-state index contributed by atoms with van der Waals surface area (Å²) in [5.74, 6) is 0.468. The molecule has 1 nitrogen and oxygen atoms in total. The molecule has 1 aromatic rings. The first-order chi connectivity index (χ1) is 5.65. The monoisotopic (exact) mass is 172 g/mol. The first-order valence-electron chi connectivity index (χ1n) is 3.58. The molecule has 0 fully saturated rings. The molecule has 0 saturated carbocycles. The summed E-state index contributed by atoms with van der Waals surface area (Å²) in [7, 11) is 1.46. The van der Waals surface area contributed by atoms with E-state index >= 15 is 0 Å². The van der Waals surface area contributed by atoms with Crippen LogP contribution in [-0.2, 0) is 0 Å². The molecule has 66 valence electrons. The van der Waals surface area contributed by atoms with Gasteiger partial charge in [-0.25, -0.2) is 8.78 Å². The van der Waals surface area contributed by atoms with Gasteiger partial charge < -0.3 is 4.74 Å². The molecule has 0 unspecified atom stereocenters. The van der Waals surface area contributed by atoms with Crippen LogP contribution in [0.15, 0.2) is 18.2 Å². The molecule has 0 amide bonds. The molecule has 0 aromatic heterocycles. The second-order valence-electron chi connectivity index (χ2n) is 2.52. The number of rotatable bonds is 2. The quantitative estimate of drug-likeness (QED) is 0.666. The highest BCUT2D eigenvalue weighted by atomic mass is 19.3. The lowest BCUT2D eigenvalue weighted by Crippen LogP contribution is -1.91. The predicted octanol–water partition coefficient (Wildman–Crippen LogP) is 2.94. The number of alkyl halides is 2. The van der Waals surface area contributed by atoms with Crippen molar-refractivity contribution in [3.05, 3.63) is 29.3 Å². The zero-order valence-electron chi connectivity index (χ0n) is 6.97. The lowest BCUT2D eigenvalue weighted by atomic mass is 10.1. The Morgan fingerprint density at radius 2 is 2.00 bits per heavy atom. The molecular weight excluding hydrogens is 162 g/mol. The number of methoxy groups -OCH3 is 1. The molecule has 0 heterocycles. The van der Waals surface area contributed by atoms with Crippen molar-refractivity contribution in [2.75, 3.05) is 7.11 Å². The Kier molecular flexibility index (Phi) is 2.63. The maximum atomic E-state index is 12.3. The van der Waals surface area contributed by atoms with Crippen LogP contribution >= 0.6 is 0 Å². The molecule has 0 spiro atoms. The molecule has 0 aliphatic rings. The molecule has 0 bridgehead atoms. The summed E-state index contributed by atoms with van der Waals surface area (Å²) >= 11 is 0. The van der Waals surface area contributed by atoms with Crippen LogP contribution in [-0.4, -0.2) is 7.11 Å². The Bertz CT molecular complexity index is 271. The van der Waals surface area contributed by atoms with Crippen LogP contribution in [0, 0.1) is 6.92 Å². The fourth-order valence-electron chi connectivity index (χ4n) is 0.981. The van der Waals surface area contributed by atoms with Gasteiger partial charge in [-0.2, -0.15) is 0 Å². The molecule has 0 saturated heterocycles. The van der Waals surface area contributed by atoms with Crippen LogP contribution in [0.2, 0.25) is 0 Å². The molecule has 12 heavy (non-hydrogen) atoms. The van der Waals surface area contributed by atoms with Gasteiger partial charge in [0.05, 0.1) is 7.11 Å². The Morgan fingerprint density at radius 3 is 2.50 bits per heavy atom. The normalized spacial score (nSPS) is 10.4. The van der Waals surface area contributed by atoms with E-state index in [2.05, 4.69) is 0 Å². The largest absolute Gasteiger partial charge is 0.497 e. The fraction of sp³-hybridized carbons (Fsp3) is 0.333. The standard InChI is InChI=1S/C9H10F2O/c1-6-3-4-7(12-2)5-8(6)9(10)11/h3-5,9H,1-2H3.